The average Bonchev–Trinajstić information content (AvgIpc) is 2.47. The fourth-order valence-electron chi connectivity index (χ4n) is 3.20. The molecule has 1 aliphatic heterocycles. The zero-order valence-corrected chi connectivity index (χ0v) is 12.4. The molecular weight excluding hydrogens is 277 g/mol. The molecule has 5 heteroatoms. The highest BCUT2D eigenvalue weighted by molar-refractivity contribution is 5.28. The molecule has 0 aliphatic carbocycles. The third-order valence-electron chi connectivity index (χ3n) is 4.37. The van der Waals surface area contributed by atoms with E-state index in [-0.39, 0.29) is 6.04 Å². The van der Waals surface area contributed by atoms with Gasteiger partial charge in [0.15, 0.2) is 0 Å². The van der Waals surface area contributed by atoms with Crippen molar-refractivity contribution in [3.63, 3.8) is 0 Å². The van der Waals surface area contributed by atoms with Crippen LogP contribution in [0.15, 0.2) is 24.3 Å². The smallest absolute Gasteiger partial charge is 0.330 e. The van der Waals surface area contributed by atoms with Gasteiger partial charge in [0, 0.05) is 12.1 Å². The first-order valence-electron chi connectivity index (χ1n) is 7.56. The fraction of sp³-hybridized carbons (Fsp3) is 0.625. The molecule has 2 rings (SSSR count). The Kier molecular flexibility index (Phi) is 5.27. The van der Waals surface area contributed by atoms with Crippen LogP contribution in [0.2, 0.25) is 0 Å². The summed E-state index contributed by atoms with van der Waals surface area (Å²) in [5, 5.41) is 0. The van der Waals surface area contributed by atoms with Crippen LogP contribution in [0, 0.1) is 0 Å². The Morgan fingerprint density at radius 3 is 2.76 bits per heavy atom. The zero-order chi connectivity index (χ0) is 15.5. The molecule has 2 unspecified atom stereocenters. The van der Waals surface area contributed by atoms with Gasteiger partial charge in [-0.2, -0.15) is 13.2 Å². The van der Waals surface area contributed by atoms with Gasteiger partial charge in [0.1, 0.15) is 0 Å². The number of hydrogen-bond donors (Lipinski definition) is 1. The first-order chi connectivity index (χ1) is 9.93. The van der Waals surface area contributed by atoms with E-state index in [1.165, 1.54) is 18.6 Å². The van der Waals surface area contributed by atoms with Crippen LogP contribution in [0.4, 0.5) is 13.2 Å². The summed E-state index contributed by atoms with van der Waals surface area (Å²) in [6, 6.07) is 6.06. The van der Waals surface area contributed by atoms with E-state index in [1.54, 1.807) is 6.07 Å². The Balaban J connectivity index is 2.20. The molecule has 0 aromatic heterocycles. The van der Waals surface area contributed by atoms with Gasteiger partial charge >= 0.3 is 6.18 Å². The predicted molar refractivity (Wildman–Crippen MR) is 77.9 cm³/mol. The first kappa shape index (κ1) is 16.3. The van der Waals surface area contributed by atoms with Gasteiger partial charge in [-0.05, 0) is 57.0 Å². The van der Waals surface area contributed by atoms with Gasteiger partial charge < -0.3 is 5.73 Å². The van der Waals surface area contributed by atoms with Crippen molar-refractivity contribution in [2.75, 3.05) is 13.1 Å². The molecule has 2 N–H and O–H groups in total. The lowest BCUT2D eigenvalue weighted by Crippen LogP contribution is -2.42. The normalized spacial score (nSPS) is 22.2. The number of alkyl halides is 3. The molecule has 118 valence electrons. The lowest BCUT2D eigenvalue weighted by molar-refractivity contribution is -0.137. The number of benzene rings is 1. The van der Waals surface area contributed by atoms with E-state index in [4.69, 9.17) is 5.73 Å². The van der Waals surface area contributed by atoms with Crippen molar-refractivity contribution in [2.45, 2.75) is 50.9 Å². The molecule has 1 aliphatic rings. The van der Waals surface area contributed by atoms with E-state index in [0.29, 0.717) is 12.6 Å². The minimum Gasteiger partial charge on any atom is -0.330 e. The zero-order valence-electron chi connectivity index (χ0n) is 12.4. The molecule has 0 saturated carbocycles. The molecule has 1 heterocycles. The van der Waals surface area contributed by atoms with Gasteiger partial charge in [-0.25, -0.2) is 0 Å². The molecule has 2 atom stereocenters. The Morgan fingerprint density at radius 1 is 1.33 bits per heavy atom. The molecule has 1 aromatic rings. The largest absolute Gasteiger partial charge is 0.416 e. The van der Waals surface area contributed by atoms with E-state index in [9.17, 15) is 13.2 Å². The highest BCUT2D eigenvalue weighted by Crippen LogP contribution is 2.34. The second-order valence-corrected chi connectivity index (χ2v) is 5.76. The topological polar surface area (TPSA) is 29.3 Å². The van der Waals surface area contributed by atoms with Crippen LogP contribution in [0.3, 0.4) is 0 Å². The van der Waals surface area contributed by atoms with E-state index in [2.05, 4.69) is 4.90 Å². The van der Waals surface area contributed by atoms with Crippen molar-refractivity contribution >= 4 is 0 Å². The number of halogens is 3. The summed E-state index contributed by atoms with van der Waals surface area (Å²) in [5.74, 6) is 0. The Labute approximate surface area is 124 Å². The highest BCUT2D eigenvalue weighted by atomic mass is 19.4. The Hall–Kier alpha value is -1.07. The highest BCUT2D eigenvalue weighted by Gasteiger charge is 2.32. The third kappa shape index (κ3) is 3.98. The van der Waals surface area contributed by atoms with Crippen LogP contribution in [0.5, 0.6) is 0 Å². The molecule has 0 amide bonds. The van der Waals surface area contributed by atoms with Crippen LogP contribution >= 0.6 is 0 Å². The number of nitrogens with zero attached hydrogens (tertiary/aromatic N) is 1. The molecule has 0 bridgehead atoms. The molecule has 0 spiro atoms. The Bertz CT molecular complexity index is 457. The molecule has 2 nitrogen and oxygen atoms in total. The Morgan fingerprint density at radius 2 is 2.10 bits per heavy atom. The molecular formula is C16H23F3N2. The maximum Gasteiger partial charge on any atom is 0.416 e. The van der Waals surface area contributed by atoms with Crippen LogP contribution < -0.4 is 5.73 Å². The molecule has 1 fully saturated rings. The minimum absolute atomic E-state index is 0.0100. The monoisotopic (exact) mass is 300 g/mol. The quantitative estimate of drug-likeness (QED) is 0.911. The number of piperidine rings is 1. The summed E-state index contributed by atoms with van der Waals surface area (Å²) in [5.41, 5.74) is 5.83. The third-order valence-corrected chi connectivity index (χ3v) is 4.37. The van der Waals surface area contributed by atoms with Crippen LogP contribution in [-0.2, 0) is 6.18 Å². The fourth-order valence-corrected chi connectivity index (χ4v) is 3.20. The van der Waals surface area contributed by atoms with Crippen molar-refractivity contribution in [1.82, 2.24) is 4.90 Å². The van der Waals surface area contributed by atoms with Crippen molar-refractivity contribution in [1.29, 1.82) is 0 Å². The summed E-state index contributed by atoms with van der Waals surface area (Å²) in [6.07, 6.45) is -0.0149. The van der Waals surface area contributed by atoms with E-state index < -0.39 is 11.7 Å². The number of rotatable bonds is 4. The summed E-state index contributed by atoms with van der Waals surface area (Å²) in [6.45, 7) is 3.54. The maximum atomic E-state index is 12.8. The number of likely N-dealkylation sites (tertiary alicyclic amines) is 1. The minimum atomic E-state index is -4.28. The van der Waals surface area contributed by atoms with E-state index in [1.807, 2.05) is 6.92 Å². The summed E-state index contributed by atoms with van der Waals surface area (Å²) >= 11 is 0. The van der Waals surface area contributed by atoms with Crippen LogP contribution in [-0.4, -0.2) is 24.0 Å². The lowest BCUT2D eigenvalue weighted by atomic mass is 9.94. The number of nitrogens with two attached hydrogens (primary N) is 1. The van der Waals surface area contributed by atoms with Gasteiger partial charge in [0.05, 0.1) is 5.56 Å². The van der Waals surface area contributed by atoms with Gasteiger partial charge in [-0.15, -0.1) is 0 Å². The molecule has 1 aromatic carbocycles. The predicted octanol–water partition coefficient (Wildman–Crippen LogP) is 3.97. The molecule has 1 saturated heterocycles. The van der Waals surface area contributed by atoms with Gasteiger partial charge in [-0.1, -0.05) is 18.6 Å². The second kappa shape index (κ2) is 6.79. The van der Waals surface area contributed by atoms with Gasteiger partial charge in [0.25, 0.3) is 0 Å². The summed E-state index contributed by atoms with van der Waals surface area (Å²) < 4.78 is 38.5. The van der Waals surface area contributed by atoms with Crippen molar-refractivity contribution in [3.05, 3.63) is 35.4 Å². The average molecular weight is 300 g/mol. The summed E-state index contributed by atoms with van der Waals surface area (Å²) in [4.78, 5) is 2.31. The van der Waals surface area contributed by atoms with Crippen molar-refractivity contribution in [3.8, 4) is 0 Å². The van der Waals surface area contributed by atoms with Gasteiger partial charge in [0.2, 0.25) is 0 Å². The van der Waals surface area contributed by atoms with E-state index in [0.717, 1.165) is 37.4 Å². The van der Waals surface area contributed by atoms with Crippen LogP contribution in [0.1, 0.15) is 49.8 Å². The standard InChI is InChI=1S/C16H23F3N2/c1-12(21-10-3-2-7-15(21)8-9-20)13-5-4-6-14(11-13)16(17,18)19/h4-6,11-12,15H,2-3,7-10,20H2,1H3. The van der Waals surface area contributed by atoms with E-state index >= 15 is 0 Å². The van der Waals surface area contributed by atoms with Gasteiger partial charge in [-0.3, -0.25) is 4.90 Å². The molecule has 0 radical (unpaired) electrons. The SMILES string of the molecule is CC(c1cccc(C(F)(F)F)c1)N1CCCCC1CCN. The maximum absolute atomic E-state index is 12.8. The summed E-state index contributed by atoms with van der Waals surface area (Å²) in [7, 11) is 0. The second-order valence-electron chi connectivity index (χ2n) is 5.76. The lowest BCUT2D eigenvalue weighted by Gasteiger charge is -2.40. The first-order valence-corrected chi connectivity index (χ1v) is 7.56. The molecule has 21 heavy (non-hydrogen) atoms. The van der Waals surface area contributed by atoms with Crippen molar-refractivity contribution in [2.24, 2.45) is 5.73 Å². The van der Waals surface area contributed by atoms with Crippen molar-refractivity contribution < 1.29 is 13.2 Å². The number of hydrogen-bond acceptors (Lipinski definition) is 2. The van der Waals surface area contributed by atoms with Crippen LogP contribution in [0.25, 0.3) is 0 Å².